The Morgan fingerprint density at radius 3 is 2.59 bits per heavy atom. The number of amides is 2. The van der Waals surface area contributed by atoms with Crippen molar-refractivity contribution in [1.29, 1.82) is 0 Å². The second-order valence-electron chi connectivity index (χ2n) is 7.66. The smallest absolute Gasteiger partial charge is 0.291 e. The summed E-state index contributed by atoms with van der Waals surface area (Å²) in [6.45, 7) is 2.68. The van der Waals surface area contributed by atoms with E-state index in [2.05, 4.69) is 15.6 Å². The number of piperazine rings is 1. The van der Waals surface area contributed by atoms with E-state index in [1.165, 1.54) is 30.0 Å². The number of methoxy groups -OCH3 is 1. The Kier molecular flexibility index (Phi) is 7.06. The van der Waals surface area contributed by atoms with Crippen molar-refractivity contribution in [3.8, 4) is 17.0 Å². The molecule has 0 aliphatic carbocycles. The molecular formula is C23H22Cl2FN5O3. The van der Waals surface area contributed by atoms with E-state index in [1.54, 1.807) is 30.1 Å². The predicted molar refractivity (Wildman–Crippen MR) is 128 cm³/mol. The van der Waals surface area contributed by atoms with Gasteiger partial charge in [-0.25, -0.2) is 9.37 Å². The third-order valence-corrected chi connectivity index (χ3v) is 6.26. The zero-order valence-electron chi connectivity index (χ0n) is 18.5. The fourth-order valence-electron chi connectivity index (χ4n) is 3.75. The highest BCUT2D eigenvalue weighted by Crippen LogP contribution is 2.34. The van der Waals surface area contributed by atoms with E-state index in [4.69, 9.17) is 27.9 Å². The van der Waals surface area contributed by atoms with Gasteiger partial charge in [-0.3, -0.25) is 9.59 Å². The van der Waals surface area contributed by atoms with Gasteiger partial charge >= 0.3 is 0 Å². The second-order valence-corrected chi connectivity index (χ2v) is 8.45. The minimum atomic E-state index is -0.674. The van der Waals surface area contributed by atoms with Crippen molar-refractivity contribution in [2.75, 3.05) is 38.6 Å². The highest BCUT2D eigenvalue weighted by molar-refractivity contribution is 6.34. The molecule has 4 rings (SSSR count). The van der Waals surface area contributed by atoms with Crippen LogP contribution >= 0.6 is 23.2 Å². The number of rotatable bonds is 5. The lowest BCUT2D eigenvalue weighted by Gasteiger charge is -2.27. The molecule has 1 fully saturated rings. The minimum absolute atomic E-state index is 0.0541. The molecule has 0 radical (unpaired) electrons. The molecule has 0 spiro atoms. The van der Waals surface area contributed by atoms with Crippen molar-refractivity contribution in [1.82, 2.24) is 19.8 Å². The van der Waals surface area contributed by atoms with E-state index >= 15 is 0 Å². The average molecular weight is 506 g/mol. The Morgan fingerprint density at radius 2 is 1.91 bits per heavy atom. The van der Waals surface area contributed by atoms with Gasteiger partial charge in [-0.15, -0.1) is 0 Å². The molecule has 2 heterocycles. The number of aromatic nitrogens is 2. The number of nitrogens with one attached hydrogen (secondary N) is 2. The summed E-state index contributed by atoms with van der Waals surface area (Å²) in [5.74, 6) is -1.09. The summed E-state index contributed by atoms with van der Waals surface area (Å²) < 4.78 is 21.2. The van der Waals surface area contributed by atoms with Gasteiger partial charge in [-0.05, 0) is 30.3 Å². The summed E-state index contributed by atoms with van der Waals surface area (Å²) >= 11 is 12.4. The topological polar surface area (TPSA) is 88.5 Å². The molecule has 178 valence electrons. The molecule has 8 nitrogen and oxygen atoms in total. The van der Waals surface area contributed by atoms with Crippen LogP contribution in [-0.4, -0.2) is 59.6 Å². The van der Waals surface area contributed by atoms with Gasteiger partial charge < -0.3 is 24.8 Å². The van der Waals surface area contributed by atoms with Crippen molar-refractivity contribution >= 4 is 40.7 Å². The molecule has 0 atom stereocenters. The molecule has 1 aliphatic heterocycles. The fourth-order valence-corrected chi connectivity index (χ4v) is 4.25. The van der Waals surface area contributed by atoms with Crippen LogP contribution in [0.15, 0.2) is 36.5 Å². The zero-order chi connectivity index (χ0) is 24.4. The molecule has 34 heavy (non-hydrogen) atoms. The summed E-state index contributed by atoms with van der Waals surface area (Å²) in [6, 6.07) is 7.75. The molecule has 1 aromatic heterocycles. The Labute approximate surface area is 205 Å². The van der Waals surface area contributed by atoms with Crippen LogP contribution in [0, 0.1) is 5.82 Å². The van der Waals surface area contributed by atoms with Gasteiger partial charge in [0, 0.05) is 44.5 Å². The van der Waals surface area contributed by atoms with Crippen molar-refractivity contribution in [2.45, 2.75) is 0 Å². The first kappa shape index (κ1) is 24.0. The molecule has 2 amide bonds. The van der Waals surface area contributed by atoms with Crippen LogP contribution in [0.2, 0.25) is 10.0 Å². The third-order valence-electron chi connectivity index (χ3n) is 5.60. The SMILES string of the molecule is COc1ccc(-c2cnc(C(=O)Nc3ccc(C(=O)N4CCNCC4)c(Cl)c3)n2C)c(F)c1Cl. The van der Waals surface area contributed by atoms with Gasteiger partial charge in [-0.2, -0.15) is 0 Å². The maximum Gasteiger partial charge on any atom is 0.291 e. The largest absolute Gasteiger partial charge is 0.495 e. The lowest BCUT2D eigenvalue weighted by atomic mass is 10.1. The summed E-state index contributed by atoms with van der Waals surface area (Å²) in [4.78, 5) is 31.4. The number of imidazole rings is 1. The van der Waals surface area contributed by atoms with Gasteiger partial charge in [0.1, 0.15) is 10.8 Å². The summed E-state index contributed by atoms with van der Waals surface area (Å²) in [6.07, 6.45) is 1.39. The van der Waals surface area contributed by atoms with Crippen LogP contribution in [0.25, 0.3) is 11.3 Å². The average Bonchev–Trinajstić information content (AvgIpc) is 3.22. The first-order valence-electron chi connectivity index (χ1n) is 10.5. The third kappa shape index (κ3) is 4.59. The van der Waals surface area contributed by atoms with Gasteiger partial charge in [0.25, 0.3) is 11.8 Å². The Bertz CT molecular complexity index is 1260. The number of benzene rings is 2. The van der Waals surface area contributed by atoms with E-state index < -0.39 is 11.7 Å². The monoisotopic (exact) mass is 505 g/mol. The summed E-state index contributed by atoms with van der Waals surface area (Å²) in [5.41, 5.74) is 1.31. The van der Waals surface area contributed by atoms with E-state index in [0.717, 1.165) is 13.1 Å². The second kappa shape index (κ2) is 10.0. The van der Waals surface area contributed by atoms with Gasteiger partial charge in [0.05, 0.1) is 29.6 Å². The van der Waals surface area contributed by atoms with Gasteiger partial charge in [0.2, 0.25) is 0 Å². The first-order valence-corrected chi connectivity index (χ1v) is 11.2. The number of nitrogens with zero attached hydrogens (tertiary/aromatic N) is 3. The lowest BCUT2D eigenvalue weighted by molar-refractivity contribution is 0.0736. The normalized spacial score (nSPS) is 13.6. The standard InChI is InChI=1S/C23H22Cl2FN5O3/c1-30-17(15-5-6-18(34-2)19(25)20(15)26)12-28-21(30)22(32)29-13-3-4-14(16(24)11-13)23(33)31-9-7-27-8-10-31/h3-6,11-12,27H,7-10H2,1-2H3,(H,29,32). The summed E-state index contributed by atoms with van der Waals surface area (Å²) in [5, 5.41) is 5.99. The molecule has 3 aromatic rings. The number of carbonyl (C=O) groups excluding carboxylic acids is 2. The molecule has 1 aliphatic rings. The van der Waals surface area contributed by atoms with E-state index in [-0.39, 0.29) is 33.1 Å². The Balaban J connectivity index is 1.53. The van der Waals surface area contributed by atoms with Crippen LogP contribution in [-0.2, 0) is 7.05 Å². The highest BCUT2D eigenvalue weighted by Gasteiger charge is 2.22. The number of hydrogen-bond acceptors (Lipinski definition) is 5. The quantitative estimate of drug-likeness (QED) is 0.549. The maximum absolute atomic E-state index is 14.8. The lowest BCUT2D eigenvalue weighted by Crippen LogP contribution is -2.46. The molecule has 0 bridgehead atoms. The van der Waals surface area contributed by atoms with Crippen molar-refractivity contribution < 1.29 is 18.7 Å². The van der Waals surface area contributed by atoms with E-state index in [9.17, 15) is 14.0 Å². The molecular weight excluding hydrogens is 484 g/mol. The van der Waals surface area contributed by atoms with Crippen LogP contribution in [0.4, 0.5) is 10.1 Å². The molecule has 1 saturated heterocycles. The fraction of sp³-hybridized carbons (Fsp3) is 0.261. The number of anilines is 1. The van der Waals surface area contributed by atoms with Crippen molar-refractivity contribution in [3.05, 3.63) is 63.8 Å². The molecule has 0 unspecified atom stereocenters. The predicted octanol–water partition coefficient (Wildman–Crippen LogP) is 3.84. The maximum atomic E-state index is 14.8. The van der Waals surface area contributed by atoms with Crippen molar-refractivity contribution in [2.24, 2.45) is 7.05 Å². The van der Waals surface area contributed by atoms with E-state index in [0.29, 0.717) is 30.0 Å². The van der Waals surface area contributed by atoms with Crippen LogP contribution in [0.1, 0.15) is 21.0 Å². The molecule has 2 aromatic carbocycles. The summed E-state index contributed by atoms with van der Waals surface area (Å²) in [7, 11) is 2.99. The van der Waals surface area contributed by atoms with Crippen LogP contribution < -0.4 is 15.4 Å². The van der Waals surface area contributed by atoms with Crippen LogP contribution in [0.3, 0.4) is 0 Å². The van der Waals surface area contributed by atoms with Crippen LogP contribution in [0.5, 0.6) is 5.75 Å². The number of carbonyl (C=O) groups is 2. The Hall–Kier alpha value is -3.14. The first-order chi connectivity index (χ1) is 16.3. The highest BCUT2D eigenvalue weighted by atomic mass is 35.5. The molecule has 11 heteroatoms. The molecule has 2 N–H and O–H groups in total. The number of hydrogen-bond donors (Lipinski definition) is 2. The zero-order valence-corrected chi connectivity index (χ0v) is 20.0. The van der Waals surface area contributed by atoms with Gasteiger partial charge in [0.15, 0.2) is 11.6 Å². The minimum Gasteiger partial charge on any atom is -0.495 e. The molecule has 0 saturated carbocycles. The van der Waals surface area contributed by atoms with Gasteiger partial charge in [-0.1, -0.05) is 23.2 Å². The van der Waals surface area contributed by atoms with Crippen molar-refractivity contribution in [3.63, 3.8) is 0 Å². The number of halogens is 3. The number of ether oxygens (including phenoxy) is 1. The van der Waals surface area contributed by atoms with E-state index in [1.807, 2.05) is 0 Å². The Morgan fingerprint density at radius 1 is 1.18 bits per heavy atom.